The summed E-state index contributed by atoms with van der Waals surface area (Å²) in [6.07, 6.45) is 1.48. The lowest BCUT2D eigenvalue weighted by Crippen LogP contribution is -2.13. The van der Waals surface area contributed by atoms with Crippen molar-refractivity contribution >= 4 is 33.1 Å². The lowest BCUT2D eigenvalue weighted by Gasteiger charge is -2.02. The van der Waals surface area contributed by atoms with E-state index in [1.165, 1.54) is 36.8 Å². The van der Waals surface area contributed by atoms with Crippen molar-refractivity contribution in [3.05, 3.63) is 29.0 Å². The van der Waals surface area contributed by atoms with Gasteiger partial charge in [-0.2, -0.15) is 0 Å². The summed E-state index contributed by atoms with van der Waals surface area (Å²) < 4.78 is 29.9. The zero-order valence-corrected chi connectivity index (χ0v) is 11.8. The third kappa shape index (κ3) is 2.31. The van der Waals surface area contributed by atoms with E-state index >= 15 is 0 Å². The molecule has 0 N–H and O–H groups in total. The summed E-state index contributed by atoms with van der Waals surface area (Å²) in [6, 6.07) is 3.01. The molecule has 0 unspecified atom stereocenters. The molecule has 102 valence electrons. The largest absolute Gasteiger partial charge is 0.464 e. The van der Waals surface area contributed by atoms with E-state index in [1.54, 1.807) is 0 Å². The van der Waals surface area contributed by atoms with Gasteiger partial charge in [-0.1, -0.05) is 18.5 Å². The minimum atomic E-state index is -3.63. The Morgan fingerprint density at radius 3 is 2.79 bits per heavy atom. The molecule has 0 aliphatic carbocycles. The molecular formula is C11H11ClN2O4S. The summed E-state index contributed by atoms with van der Waals surface area (Å²) >= 11 is 5.82. The van der Waals surface area contributed by atoms with Crippen LogP contribution in [0.2, 0.25) is 5.02 Å². The molecule has 0 radical (unpaired) electrons. The number of sulfone groups is 1. The normalized spacial score (nSPS) is 11.7. The molecule has 2 aromatic rings. The van der Waals surface area contributed by atoms with Gasteiger partial charge in [0, 0.05) is 17.3 Å². The molecular weight excluding hydrogens is 292 g/mol. The first-order valence-corrected chi connectivity index (χ1v) is 7.42. The van der Waals surface area contributed by atoms with Gasteiger partial charge in [-0.3, -0.25) is 4.40 Å². The maximum Gasteiger partial charge on any atom is 0.358 e. The highest BCUT2D eigenvalue weighted by molar-refractivity contribution is 7.91. The summed E-state index contributed by atoms with van der Waals surface area (Å²) in [5, 5.41) is 0.110. The Morgan fingerprint density at radius 2 is 2.21 bits per heavy atom. The molecule has 0 atom stereocenters. The summed E-state index contributed by atoms with van der Waals surface area (Å²) in [6.45, 7) is 1.48. The van der Waals surface area contributed by atoms with Crippen molar-refractivity contribution in [2.45, 2.75) is 11.9 Å². The molecule has 8 heteroatoms. The van der Waals surface area contributed by atoms with Crippen molar-refractivity contribution in [3.8, 4) is 0 Å². The average Bonchev–Trinajstić information content (AvgIpc) is 2.76. The molecule has 6 nitrogen and oxygen atoms in total. The number of ether oxygens (including phenoxy) is 1. The van der Waals surface area contributed by atoms with Crippen LogP contribution < -0.4 is 0 Å². The Morgan fingerprint density at radius 1 is 1.53 bits per heavy atom. The number of imidazole rings is 1. The Hall–Kier alpha value is -1.60. The number of nitrogens with zero attached hydrogens (tertiary/aromatic N) is 2. The Balaban J connectivity index is 2.87. The minimum absolute atomic E-state index is 0.115. The molecule has 2 aromatic heterocycles. The van der Waals surface area contributed by atoms with E-state index in [4.69, 9.17) is 11.6 Å². The van der Waals surface area contributed by atoms with Crippen molar-refractivity contribution in [2.24, 2.45) is 0 Å². The number of carbonyl (C=O) groups is 1. The number of carbonyl (C=O) groups excluding carboxylic acids is 1. The standard InChI is InChI=1S/C11H11ClN2O4S/c1-3-19(16,17)10-9(11(15)18-2)14-5-4-7(12)6-8(14)13-10/h4-6H,3H2,1-2H3. The third-order valence-corrected chi connectivity index (χ3v) is 4.48. The Kier molecular flexibility index (Phi) is 3.51. The van der Waals surface area contributed by atoms with Crippen LogP contribution >= 0.6 is 11.6 Å². The second-order valence-corrected chi connectivity index (χ2v) is 6.36. The fourth-order valence-electron chi connectivity index (χ4n) is 1.63. The first-order chi connectivity index (χ1) is 8.90. The summed E-state index contributed by atoms with van der Waals surface area (Å²) in [5.74, 6) is -0.920. The van der Waals surface area contributed by atoms with E-state index in [2.05, 4.69) is 9.72 Å². The Labute approximate surface area is 114 Å². The van der Waals surface area contributed by atoms with Gasteiger partial charge >= 0.3 is 5.97 Å². The molecule has 2 rings (SSSR count). The summed E-state index contributed by atoms with van der Waals surface area (Å²) in [7, 11) is -2.45. The summed E-state index contributed by atoms with van der Waals surface area (Å²) in [5.41, 5.74) is 0.163. The fourth-order valence-corrected chi connectivity index (χ4v) is 2.77. The first kappa shape index (κ1) is 13.8. The molecule has 0 aliphatic rings. The number of halogens is 1. The van der Waals surface area contributed by atoms with Crippen LogP contribution in [0.1, 0.15) is 17.4 Å². The number of methoxy groups -OCH3 is 1. The van der Waals surface area contributed by atoms with Crippen molar-refractivity contribution < 1.29 is 17.9 Å². The molecule has 2 heterocycles. The van der Waals surface area contributed by atoms with Gasteiger partial charge < -0.3 is 4.74 Å². The highest BCUT2D eigenvalue weighted by Gasteiger charge is 2.28. The predicted octanol–water partition coefficient (Wildman–Crippen LogP) is 1.57. The monoisotopic (exact) mass is 302 g/mol. The number of fused-ring (bicyclic) bond motifs is 1. The molecule has 0 bridgehead atoms. The zero-order valence-electron chi connectivity index (χ0n) is 10.3. The first-order valence-electron chi connectivity index (χ1n) is 5.39. The predicted molar refractivity (Wildman–Crippen MR) is 69.3 cm³/mol. The lowest BCUT2D eigenvalue weighted by atomic mass is 10.4. The lowest BCUT2D eigenvalue weighted by molar-refractivity contribution is 0.0588. The summed E-state index contributed by atoms with van der Waals surface area (Å²) in [4.78, 5) is 15.8. The van der Waals surface area contributed by atoms with Crippen LogP contribution in [-0.2, 0) is 14.6 Å². The topological polar surface area (TPSA) is 77.7 Å². The molecule has 0 fully saturated rings. The second-order valence-electron chi connectivity index (χ2n) is 3.73. The minimum Gasteiger partial charge on any atom is -0.464 e. The van der Waals surface area contributed by atoms with Gasteiger partial charge in [0.25, 0.3) is 0 Å². The maximum absolute atomic E-state index is 12.0. The quantitative estimate of drug-likeness (QED) is 0.804. The van der Waals surface area contributed by atoms with Gasteiger partial charge in [-0.25, -0.2) is 18.2 Å². The number of aromatic nitrogens is 2. The number of esters is 1. The SMILES string of the molecule is CCS(=O)(=O)c1nc2cc(Cl)ccn2c1C(=O)OC. The van der Waals surface area contributed by atoms with Crippen molar-refractivity contribution in [3.63, 3.8) is 0 Å². The van der Waals surface area contributed by atoms with Gasteiger partial charge in [-0.15, -0.1) is 0 Å². The molecule has 0 spiro atoms. The molecule has 19 heavy (non-hydrogen) atoms. The second kappa shape index (κ2) is 4.82. The molecule has 0 amide bonds. The third-order valence-electron chi connectivity index (χ3n) is 2.61. The van der Waals surface area contributed by atoms with Crippen LogP contribution in [0.3, 0.4) is 0 Å². The van der Waals surface area contributed by atoms with Crippen molar-refractivity contribution in [1.29, 1.82) is 0 Å². The van der Waals surface area contributed by atoms with Gasteiger partial charge in [0.2, 0.25) is 0 Å². The smallest absolute Gasteiger partial charge is 0.358 e. The number of hydrogen-bond acceptors (Lipinski definition) is 5. The molecule has 0 saturated carbocycles. The van der Waals surface area contributed by atoms with E-state index in [-0.39, 0.29) is 22.1 Å². The van der Waals surface area contributed by atoms with Crippen LogP contribution in [-0.4, -0.2) is 36.6 Å². The van der Waals surface area contributed by atoms with E-state index < -0.39 is 15.8 Å². The highest BCUT2D eigenvalue weighted by atomic mass is 35.5. The van der Waals surface area contributed by atoms with Crippen molar-refractivity contribution in [2.75, 3.05) is 12.9 Å². The van der Waals surface area contributed by atoms with Crippen LogP contribution in [0.15, 0.2) is 23.4 Å². The Bertz CT molecular complexity index is 751. The van der Waals surface area contributed by atoms with Crippen LogP contribution in [0.4, 0.5) is 0 Å². The zero-order chi connectivity index (χ0) is 14.2. The van der Waals surface area contributed by atoms with Crippen LogP contribution in [0, 0.1) is 0 Å². The number of rotatable bonds is 3. The van der Waals surface area contributed by atoms with E-state index in [0.717, 1.165) is 0 Å². The van der Waals surface area contributed by atoms with Crippen LogP contribution in [0.25, 0.3) is 5.65 Å². The van der Waals surface area contributed by atoms with Gasteiger partial charge in [0.15, 0.2) is 20.6 Å². The van der Waals surface area contributed by atoms with Crippen LogP contribution in [0.5, 0.6) is 0 Å². The molecule has 0 aromatic carbocycles. The van der Waals surface area contributed by atoms with E-state index in [1.807, 2.05) is 0 Å². The van der Waals surface area contributed by atoms with E-state index in [0.29, 0.717) is 5.02 Å². The highest BCUT2D eigenvalue weighted by Crippen LogP contribution is 2.22. The average molecular weight is 303 g/mol. The fraction of sp³-hybridized carbons (Fsp3) is 0.273. The number of hydrogen-bond donors (Lipinski definition) is 0. The maximum atomic E-state index is 12.0. The van der Waals surface area contributed by atoms with Gasteiger partial charge in [0.05, 0.1) is 12.9 Å². The molecule has 0 saturated heterocycles. The van der Waals surface area contributed by atoms with Gasteiger partial charge in [-0.05, 0) is 6.07 Å². The van der Waals surface area contributed by atoms with E-state index in [9.17, 15) is 13.2 Å². The van der Waals surface area contributed by atoms with Crippen molar-refractivity contribution in [1.82, 2.24) is 9.38 Å². The number of pyridine rings is 1. The molecule has 0 aliphatic heterocycles. The van der Waals surface area contributed by atoms with Gasteiger partial charge in [0.1, 0.15) is 5.65 Å².